The highest BCUT2D eigenvalue weighted by atomic mass is 16.5. The zero-order chi connectivity index (χ0) is 17.6. The standard InChI is InChI=1S/C20H14O5/c1-11-7-18-14(9-17(11)23-12(2)21)15(10-20(22)25-18)19-8-13-5-3-4-6-16(13)24-19/h3-10H,1-2H3. The normalized spacial score (nSPS) is 11.1. The van der Waals surface area contributed by atoms with Gasteiger partial charge in [-0.25, -0.2) is 4.79 Å². The smallest absolute Gasteiger partial charge is 0.336 e. The molecular formula is C20H14O5. The van der Waals surface area contributed by atoms with Crippen molar-refractivity contribution in [2.24, 2.45) is 0 Å². The molecule has 4 rings (SSSR count). The van der Waals surface area contributed by atoms with Gasteiger partial charge in [-0.3, -0.25) is 4.79 Å². The number of carbonyl (C=O) groups excluding carboxylic acids is 1. The van der Waals surface area contributed by atoms with Gasteiger partial charge in [0, 0.05) is 29.3 Å². The summed E-state index contributed by atoms with van der Waals surface area (Å²) < 4.78 is 16.4. The molecule has 0 unspecified atom stereocenters. The predicted octanol–water partition coefficient (Wildman–Crippen LogP) is 4.44. The van der Waals surface area contributed by atoms with Crippen molar-refractivity contribution in [2.75, 3.05) is 0 Å². The molecule has 0 spiro atoms. The molecule has 5 heteroatoms. The number of aryl methyl sites for hydroxylation is 1. The number of rotatable bonds is 2. The SMILES string of the molecule is CC(=O)Oc1cc2c(-c3cc4ccccc4o3)cc(=O)oc2cc1C. The Morgan fingerprint density at radius 1 is 1.00 bits per heavy atom. The molecule has 0 radical (unpaired) electrons. The van der Waals surface area contributed by atoms with Crippen LogP contribution in [-0.4, -0.2) is 5.97 Å². The van der Waals surface area contributed by atoms with E-state index >= 15 is 0 Å². The molecule has 5 nitrogen and oxygen atoms in total. The van der Waals surface area contributed by atoms with E-state index in [-0.39, 0.29) is 0 Å². The summed E-state index contributed by atoms with van der Waals surface area (Å²) in [5.41, 5.74) is 1.97. The first-order valence-electron chi connectivity index (χ1n) is 7.77. The van der Waals surface area contributed by atoms with Gasteiger partial charge in [0.05, 0.1) is 0 Å². The Balaban J connectivity index is 2.01. The second-order valence-electron chi connectivity index (χ2n) is 5.84. The lowest BCUT2D eigenvalue weighted by Gasteiger charge is -2.09. The van der Waals surface area contributed by atoms with Crippen LogP contribution in [0, 0.1) is 6.92 Å². The fraction of sp³-hybridized carbons (Fsp3) is 0.100. The van der Waals surface area contributed by atoms with E-state index in [9.17, 15) is 9.59 Å². The van der Waals surface area contributed by atoms with Crippen LogP contribution in [-0.2, 0) is 4.79 Å². The van der Waals surface area contributed by atoms with Crippen LogP contribution >= 0.6 is 0 Å². The van der Waals surface area contributed by atoms with E-state index in [0.717, 1.165) is 11.0 Å². The first-order chi connectivity index (χ1) is 12.0. The highest BCUT2D eigenvalue weighted by Gasteiger charge is 2.15. The minimum Gasteiger partial charge on any atom is -0.456 e. The first-order valence-corrected chi connectivity index (χ1v) is 7.77. The third kappa shape index (κ3) is 2.70. The van der Waals surface area contributed by atoms with Crippen LogP contribution < -0.4 is 10.4 Å². The molecule has 0 aliphatic heterocycles. The van der Waals surface area contributed by atoms with Crippen LogP contribution in [0.2, 0.25) is 0 Å². The van der Waals surface area contributed by atoms with Crippen molar-refractivity contribution < 1.29 is 18.4 Å². The van der Waals surface area contributed by atoms with Gasteiger partial charge in [0.15, 0.2) is 0 Å². The number of para-hydroxylation sites is 1. The minimum atomic E-state index is -0.470. The lowest BCUT2D eigenvalue weighted by molar-refractivity contribution is -0.131. The van der Waals surface area contributed by atoms with Crippen LogP contribution in [0.4, 0.5) is 0 Å². The molecule has 0 N–H and O–H groups in total. The van der Waals surface area contributed by atoms with Crippen molar-refractivity contribution in [1.29, 1.82) is 0 Å². The van der Waals surface area contributed by atoms with Crippen LogP contribution in [0.5, 0.6) is 5.75 Å². The van der Waals surface area contributed by atoms with Gasteiger partial charge in [-0.2, -0.15) is 0 Å². The maximum Gasteiger partial charge on any atom is 0.336 e. The topological polar surface area (TPSA) is 69.7 Å². The van der Waals surface area contributed by atoms with Gasteiger partial charge in [0.2, 0.25) is 0 Å². The van der Waals surface area contributed by atoms with Crippen molar-refractivity contribution in [1.82, 2.24) is 0 Å². The number of benzene rings is 2. The van der Waals surface area contributed by atoms with E-state index in [2.05, 4.69) is 0 Å². The van der Waals surface area contributed by atoms with Crippen molar-refractivity contribution in [3.8, 4) is 17.1 Å². The number of hydrogen-bond donors (Lipinski definition) is 0. The van der Waals surface area contributed by atoms with E-state index in [0.29, 0.717) is 33.6 Å². The maximum atomic E-state index is 12.0. The number of esters is 1. The van der Waals surface area contributed by atoms with Gasteiger partial charge in [-0.05, 0) is 36.8 Å². The summed E-state index contributed by atoms with van der Waals surface area (Å²) in [6, 6.07) is 14.2. The number of furan rings is 1. The lowest BCUT2D eigenvalue weighted by atomic mass is 10.0. The molecule has 25 heavy (non-hydrogen) atoms. The summed E-state index contributed by atoms with van der Waals surface area (Å²) in [5, 5.41) is 1.58. The second kappa shape index (κ2) is 5.63. The highest BCUT2D eigenvalue weighted by Crippen LogP contribution is 2.35. The summed E-state index contributed by atoms with van der Waals surface area (Å²) in [5.74, 6) is 0.563. The number of ether oxygens (including phenoxy) is 1. The van der Waals surface area contributed by atoms with Crippen molar-refractivity contribution in [2.45, 2.75) is 13.8 Å². The Morgan fingerprint density at radius 3 is 2.56 bits per heavy atom. The van der Waals surface area contributed by atoms with Crippen LogP contribution in [0.15, 0.2) is 62.2 Å². The van der Waals surface area contributed by atoms with E-state index in [4.69, 9.17) is 13.6 Å². The number of fused-ring (bicyclic) bond motifs is 2. The molecule has 0 bridgehead atoms. The van der Waals surface area contributed by atoms with Gasteiger partial charge >= 0.3 is 11.6 Å². The molecule has 124 valence electrons. The summed E-state index contributed by atoms with van der Waals surface area (Å²) in [6.45, 7) is 3.13. The third-order valence-corrected chi connectivity index (χ3v) is 3.98. The largest absolute Gasteiger partial charge is 0.456 e. The third-order valence-electron chi connectivity index (χ3n) is 3.98. The molecule has 2 aromatic carbocycles. The Hall–Kier alpha value is -3.34. The zero-order valence-corrected chi connectivity index (χ0v) is 13.7. The molecule has 0 fully saturated rings. The molecule has 0 saturated heterocycles. The molecular weight excluding hydrogens is 320 g/mol. The molecule has 0 atom stereocenters. The van der Waals surface area contributed by atoms with Crippen molar-refractivity contribution in [3.05, 3.63) is 64.5 Å². The predicted molar refractivity (Wildman–Crippen MR) is 93.7 cm³/mol. The molecule has 0 aliphatic carbocycles. The van der Waals surface area contributed by atoms with E-state index < -0.39 is 11.6 Å². The molecule has 0 aliphatic rings. The summed E-state index contributed by atoms with van der Waals surface area (Å²) >= 11 is 0. The summed E-state index contributed by atoms with van der Waals surface area (Å²) in [4.78, 5) is 23.3. The number of hydrogen-bond acceptors (Lipinski definition) is 5. The Labute approximate surface area is 142 Å². The average Bonchev–Trinajstić information content (AvgIpc) is 2.98. The van der Waals surface area contributed by atoms with Crippen LogP contribution in [0.3, 0.4) is 0 Å². The quantitative estimate of drug-likeness (QED) is 0.308. The highest BCUT2D eigenvalue weighted by molar-refractivity contribution is 5.96. The maximum absolute atomic E-state index is 12.0. The first kappa shape index (κ1) is 15.2. The second-order valence-corrected chi connectivity index (χ2v) is 5.84. The Morgan fingerprint density at radius 2 is 1.80 bits per heavy atom. The van der Waals surface area contributed by atoms with E-state index in [1.54, 1.807) is 19.1 Å². The molecule has 0 amide bonds. The Bertz CT molecular complexity index is 1150. The van der Waals surface area contributed by atoms with Crippen LogP contribution in [0.25, 0.3) is 33.3 Å². The van der Waals surface area contributed by atoms with Crippen molar-refractivity contribution >= 4 is 27.9 Å². The Kier molecular flexibility index (Phi) is 3.42. The summed E-state index contributed by atoms with van der Waals surface area (Å²) in [6.07, 6.45) is 0. The van der Waals surface area contributed by atoms with Crippen molar-refractivity contribution in [3.63, 3.8) is 0 Å². The van der Waals surface area contributed by atoms with Gasteiger partial charge < -0.3 is 13.6 Å². The number of carbonyl (C=O) groups is 1. The van der Waals surface area contributed by atoms with Gasteiger partial charge in [-0.1, -0.05) is 18.2 Å². The fourth-order valence-corrected chi connectivity index (χ4v) is 2.87. The zero-order valence-electron chi connectivity index (χ0n) is 13.7. The lowest BCUT2D eigenvalue weighted by Crippen LogP contribution is -2.04. The van der Waals surface area contributed by atoms with Gasteiger partial charge in [0.1, 0.15) is 22.7 Å². The summed E-state index contributed by atoms with van der Waals surface area (Å²) in [7, 11) is 0. The minimum absolute atomic E-state index is 0.412. The van der Waals surface area contributed by atoms with Crippen LogP contribution in [0.1, 0.15) is 12.5 Å². The fourth-order valence-electron chi connectivity index (χ4n) is 2.87. The molecule has 2 aromatic heterocycles. The molecule has 4 aromatic rings. The monoisotopic (exact) mass is 334 g/mol. The van der Waals surface area contributed by atoms with E-state index in [1.165, 1.54) is 13.0 Å². The molecule has 0 saturated carbocycles. The van der Waals surface area contributed by atoms with Gasteiger partial charge in [-0.15, -0.1) is 0 Å². The average molecular weight is 334 g/mol. The molecule has 2 heterocycles. The van der Waals surface area contributed by atoms with Gasteiger partial charge in [0.25, 0.3) is 0 Å². The van der Waals surface area contributed by atoms with E-state index in [1.807, 2.05) is 30.3 Å².